The molecule has 0 aliphatic rings. The molecule has 29 heavy (non-hydrogen) atoms. The first-order valence-corrected chi connectivity index (χ1v) is 9.75. The van der Waals surface area contributed by atoms with E-state index >= 15 is 0 Å². The maximum absolute atomic E-state index is 12.3. The second kappa shape index (κ2) is 9.50. The molecule has 3 rings (SSSR count). The fourth-order valence-corrected chi connectivity index (χ4v) is 3.10. The van der Waals surface area contributed by atoms with Crippen molar-refractivity contribution in [2.24, 2.45) is 0 Å². The highest BCUT2D eigenvalue weighted by Crippen LogP contribution is 2.28. The van der Waals surface area contributed by atoms with Crippen LogP contribution in [0.3, 0.4) is 0 Å². The van der Waals surface area contributed by atoms with Gasteiger partial charge in [-0.3, -0.25) is 0 Å². The van der Waals surface area contributed by atoms with E-state index in [9.17, 15) is 13.2 Å². The number of nitrogens with one attached hydrogen (secondary N) is 1. The van der Waals surface area contributed by atoms with Gasteiger partial charge in [-0.15, -0.1) is 13.2 Å². The molecule has 1 N–H and O–H groups in total. The summed E-state index contributed by atoms with van der Waals surface area (Å²) in [5.74, 6) is -0.224. The smallest absolute Gasteiger partial charge is 0.406 e. The van der Waals surface area contributed by atoms with Gasteiger partial charge in [0.15, 0.2) is 0 Å². The Hall–Kier alpha value is -2.95. The predicted molar refractivity (Wildman–Crippen MR) is 112 cm³/mol. The number of hydrogen-bond acceptors (Lipinski definition) is 2. The molecular weight excluding hydrogens is 375 g/mol. The lowest BCUT2D eigenvalue weighted by atomic mass is 10.0. The summed E-state index contributed by atoms with van der Waals surface area (Å²) in [6, 6.07) is 22.1. The van der Waals surface area contributed by atoms with Crippen LogP contribution in [0.5, 0.6) is 5.75 Å². The van der Waals surface area contributed by atoms with Crippen LogP contribution in [0, 0.1) is 0 Å². The van der Waals surface area contributed by atoms with Gasteiger partial charge in [-0.25, -0.2) is 0 Å². The molecule has 0 radical (unpaired) electrons. The van der Waals surface area contributed by atoms with Crippen molar-refractivity contribution in [3.63, 3.8) is 0 Å². The number of alkyl halides is 3. The fourth-order valence-electron chi connectivity index (χ4n) is 3.10. The van der Waals surface area contributed by atoms with Crippen molar-refractivity contribution in [3.05, 3.63) is 78.4 Å². The summed E-state index contributed by atoms with van der Waals surface area (Å²) in [5, 5.41) is 3.37. The van der Waals surface area contributed by atoms with Crippen molar-refractivity contribution in [2.75, 3.05) is 5.32 Å². The molecule has 0 bridgehead atoms. The zero-order valence-corrected chi connectivity index (χ0v) is 16.3. The standard InChI is InChI=1S/C24H24F3NO/c1-2-3-4-5-18-6-12-21(13-7-18)28-22-14-8-19(9-15-22)20-10-16-23(17-11-20)29-24(25,26)27/h6-17,28H,2-5H2,1H3. The van der Waals surface area contributed by atoms with Gasteiger partial charge >= 0.3 is 6.36 Å². The molecule has 3 aromatic carbocycles. The summed E-state index contributed by atoms with van der Waals surface area (Å²) in [7, 11) is 0. The molecule has 0 atom stereocenters. The number of benzene rings is 3. The molecule has 152 valence electrons. The minimum Gasteiger partial charge on any atom is -0.406 e. The Labute approximate surface area is 169 Å². The largest absolute Gasteiger partial charge is 0.573 e. The van der Waals surface area contributed by atoms with Crippen molar-refractivity contribution < 1.29 is 17.9 Å². The van der Waals surface area contributed by atoms with Crippen LogP contribution in [0.1, 0.15) is 31.7 Å². The normalized spacial score (nSPS) is 11.3. The molecule has 0 saturated carbocycles. The van der Waals surface area contributed by atoms with Gasteiger partial charge in [0.05, 0.1) is 0 Å². The zero-order chi connectivity index (χ0) is 20.7. The van der Waals surface area contributed by atoms with Crippen molar-refractivity contribution in [1.29, 1.82) is 0 Å². The van der Waals surface area contributed by atoms with E-state index in [4.69, 9.17) is 0 Å². The monoisotopic (exact) mass is 399 g/mol. The Balaban J connectivity index is 1.60. The van der Waals surface area contributed by atoms with E-state index in [2.05, 4.69) is 41.2 Å². The molecule has 0 aliphatic carbocycles. The third kappa shape index (κ3) is 6.56. The minimum absolute atomic E-state index is 0.224. The van der Waals surface area contributed by atoms with Crippen molar-refractivity contribution in [1.82, 2.24) is 0 Å². The average Bonchev–Trinajstić information content (AvgIpc) is 2.70. The SMILES string of the molecule is CCCCCc1ccc(Nc2ccc(-c3ccc(OC(F)(F)F)cc3)cc2)cc1. The van der Waals surface area contributed by atoms with E-state index in [0.717, 1.165) is 28.9 Å². The summed E-state index contributed by atoms with van der Waals surface area (Å²) < 4.78 is 40.7. The third-order valence-corrected chi connectivity index (χ3v) is 4.62. The van der Waals surface area contributed by atoms with E-state index in [0.29, 0.717) is 0 Å². The van der Waals surface area contributed by atoms with Gasteiger partial charge in [-0.05, 0) is 65.9 Å². The number of rotatable bonds is 8. The van der Waals surface area contributed by atoms with Gasteiger partial charge in [0.2, 0.25) is 0 Å². The number of halogens is 3. The number of unbranched alkanes of at least 4 members (excludes halogenated alkanes) is 2. The first kappa shape index (κ1) is 20.8. The number of aryl methyl sites for hydroxylation is 1. The Kier molecular flexibility index (Phi) is 6.81. The van der Waals surface area contributed by atoms with Gasteiger partial charge in [-0.2, -0.15) is 0 Å². The maximum atomic E-state index is 12.3. The summed E-state index contributed by atoms with van der Waals surface area (Å²) in [5.41, 5.74) is 5.05. The molecule has 0 aromatic heterocycles. The highest BCUT2D eigenvalue weighted by Gasteiger charge is 2.30. The average molecular weight is 399 g/mol. The zero-order valence-electron chi connectivity index (χ0n) is 16.3. The van der Waals surface area contributed by atoms with Crippen LogP contribution in [0.2, 0.25) is 0 Å². The molecular formula is C24H24F3NO. The van der Waals surface area contributed by atoms with Crippen molar-refractivity contribution in [3.8, 4) is 16.9 Å². The molecule has 0 unspecified atom stereocenters. The number of anilines is 2. The Morgan fingerprint density at radius 2 is 1.24 bits per heavy atom. The summed E-state index contributed by atoms with van der Waals surface area (Å²) in [6.07, 6.45) is 0.123. The molecule has 3 aromatic rings. The number of hydrogen-bond donors (Lipinski definition) is 1. The van der Waals surface area contributed by atoms with Gasteiger partial charge in [-0.1, -0.05) is 56.2 Å². The van der Waals surface area contributed by atoms with Gasteiger partial charge in [0.1, 0.15) is 5.75 Å². The van der Waals surface area contributed by atoms with Gasteiger partial charge in [0.25, 0.3) is 0 Å². The Bertz CT molecular complexity index is 885. The lowest BCUT2D eigenvalue weighted by Crippen LogP contribution is -2.16. The van der Waals surface area contributed by atoms with Crippen LogP contribution >= 0.6 is 0 Å². The lowest BCUT2D eigenvalue weighted by molar-refractivity contribution is -0.274. The van der Waals surface area contributed by atoms with E-state index in [1.807, 2.05) is 24.3 Å². The molecule has 0 amide bonds. The van der Waals surface area contributed by atoms with E-state index in [-0.39, 0.29) is 5.75 Å². The predicted octanol–water partition coefficient (Wildman–Crippen LogP) is 7.73. The second-order valence-corrected chi connectivity index (χ2v) is 6.93. The highest BCUT2D eigenvalue weighted by molar-refractivity contribution is 5.68. The van der Waals surface area contributed by atoms with Crippen LogP contribution in [0.15, 0.2) is 72.8 Å². The van der Waals surface area contributed by atoms with Crippen LogP contribution in [-0.2, 0) is 6.42 Å². The first-order valence-electron chi connectivity index (χ1n) is 9.75. The number of ether oxygens (including phenoxy) is 1. The Morgan fingerprint density at radius 1 is 0.724 bits per heavy atom. The highest BCUT2D eigenvalue weighted by atomic mass is 19.4. The van der Waals surface area contributed by atoms with E-state index in [1.54, 1.807) is 12.1 Å². The van der Waals surface area contributed by atoms with Gasteiger partial charge in [0, 0.05) is 11.4 Å². The molecule has 2 nitrogen and oxygen atoms in total. The minimum atomic E-state index is -4.68. The third-order valence-electron chi connectivity index (χ3n) is 4.62. The molecule has 0 saturated heterocycles. The Morgan fingerprint density at radius 3 is 1.76 bits per heavy atom. The summed E-state index contributed by atoms with van der Waals surface area (Å²) >= 11 is 0. The van der Waals surface area contributed by atoms with E-state index < -0.39 is 6.36 Å². The second-order valence-electron chi connectivity index (χ2n) is 6.93. The van der Waals surface area contributed by atoms with Crippen molar-refractivity contribution in [2.45, 2.75) is 39.0 Å². The molecule has 0 fully saturated rings. The molecule has 0 aliphatic heterocycles. The van der Waals surface area contributed by atoms with Gasteiger partial charge < -0.3 is 10.1 Å². The lowest BCUT2D eigenvalue weighted by Gasteiger charge is -2.10. The topological polar surface area (TPSA) is 21.3 Å². The summed E-state index contributed by atoms with van der Waals surface area (Å²) in [6.45, 7) is 2.20. The molecule has 0 heterocycles. The summed E-state index contributed by atoms with van der Waals surface area (Å²) in [4.78, 5) is 0. The maximum Gasteiger partial charge on any atom is 0.573 e. The first-order chi connectivity index (χ1) is 13.9. The quantitative estimate of drug-likeness (QED) is 0.391. The van der Waals surface area contributed by atoms with Crippen LogP contribution in [-0.4, -0.2) is 6.36 Å². The van der Waals surface area contributed by atoms with Crippen LogP contribution < -0.4 is 10.1 Å². The van der Waals surface area contributed by atoms with E-state index in [1.165, 1.54) is 37.0 Å². The molecule has 0 spiro atoms. The van der Waals surface area contributed by atoms with Crippen LogP contribution in [0.25, 0.3) is 11.1 Å². The van der Waals surface area contributed by atoms with Crippen molar-refractivity contribution >= 4 is 11.4 Å². The van der Waals surface area contributed by atoms with Crippen LogP contribution in [0.4, 0.5) is 24.5 Å². The molecule has 5 heteroatoms. The fraction of sp³-hybridized carbons (Fsp3) is 0.250.